The molecule has 1 heterocycles. The van der Waals surface area contributed by atoms with Gasteiger partial charge in [-0.2, -0.15) is 0 Å². The Morgan fingerprint density at radius 3 is 2.69 bits per heavy atom. The second-order valence-electron chi connectivity index (χ2n) is 2.99. The van der Waals surface area contributed by atoms with Crippen molar-refractivity contribution >= 4 is 5.70 Å². The first kappa shape index (κ1) is 9.85. The van der Waals surface area contributed by atoms with E-state index in [0.717, 1.165) is 12.2 Å². The van der Waals surface area contributed by atoms with Gasteiger partial charge in [0.05, 0.1) is 0 Å². The standard InChI is InChI=1S/C10H11N.C2H6/c1-7-3-4-10-8(2)11-6-9(10)5-7;1-2/h3-5,11H,2,6H2,1H3;1-2H3. The predicted octanol–water partition coefficient (Wildman–Crippen LogP) is 3.10. The number of hydrogen-bond donors (Lipinski definition) is 1. The lowest BCUT2D eigenvalue weighted by atomic mass is 10.1. The van der Waals surface area contributed by atoms with Crippen LogP contribution in [0, 0.1) is 6.92 Å². The number of nitrogens with one attached hydrogen (secondary N) is 1. The van der Waals surface area contributed by atoms with Gasteiger partial charge in [0.15, 0.2) is 0 Å². The monoisotopic (exact) mass is 175 g/mol. The summed E-state index contributed by atoms with van der Waals surface area (Å²) in [5.74, 6) is 0. The summed E-state index contributed by atoms with van der Waals surface area (Å²) in [7, 11) is 0. The maximum absolute atomic E-state index is 3.91. The summed E-state index contributed by atoms with van der Waals surface area (Å²) in [6.07, 6.45) is 0. The molecule has 0 saturated heterocycles. The van der Waals surface area contributed by atoms with Crippen molar-refractivity contribution in [2.75, 3.05) is 0 Å². The van der Waals surface area contributed by atoms with Crippen LogP contribution in [0.4, 0.5) is 0 Å². The molecule has 70 valence electrons. The molecule has 0 spiro atoms. The van der Waals surface area contributed by atoms with Crippen LogP contribution in [0.3, 0.4) is 0 Å². The van der Waals surface area contributed by atoms with E-state index in [1.165, 1.54) is 16.7 Å². The predicted molar refractivity (Wildman–Crippen MR) is 58.4 cm³/mol. The van der Waals surface area contributed by atoms with Gasteiger partial charge in [-0.15, -0.1) is 0 Å². The second kappa shape index (κ2) is 4.13. The molecule has 0 saturated carbocycles. The molecule has 0 atom stereocenters. The minimum absolute atomic E-state index is 0.940. The lowest BCUT2D eigenvalue weighted by molar-refractivity contribution is 0.945. The Hall–Kier alpha value is -1.24. The molecule has 1 heteroatoms. The van der Waals surface area contributed by atoms with Crippen LogP contribution >= 0.6 is 0 Å². The van der Waals surface area contributed by atoms with Gasteiger partial charge in [-0.25, -0.2) is 0 Å². The Balaban J connectivity index is 0.000000396. The molecule has 0 fully saturated rings. The Labute approximate surface area is 80.5 Å². The third-order valence-corrected chi connectivity index (χ3v) is 2.08. The van der Waals surface area contributed by atoms with Gasteiger partial charge in [-0.1, -0.05) is 44.2 Å². The summed E-state index contributed by atoms with van der Waals surface area (Å²) in [4.78, 5) is 0. The minimum atomic E-state index is 0.940. The van der Waals surface area contributed by atoms with E-state index in [1.807, 2.05) is 13.8 Å². The molecule has 1 aromatic rings. The van der Waals surface area contributed by atoms with Crippen molar-refractivity contribution in [1.29, 1.82) is 0 Å². The Morgan fingerprint density at radius 1 is 1.31 bits per heavy atom. The normalized spacial score (nSPS) is 12.7. The molecule has 0 unspecified atom stereocenters. The quantitative estimate of drug-likeness (QED) is 0.639. The molecule has 1 aliphatic heterocycles. The molecule has 0 amide bonds. The Morgan fingerprint density at radius 2 is 2.00 bits per heavy atom. The molecule has 0 aliphatic carbocycles. The summed E-state index contributed by atoms with van der Waals surface area (Å²) >= 11 is 0. The van der Waals surface area contributed by atoms with Crippen molar-refractivity contribution in [3.05, 3.63) is 41.5 Å². The lowest BCUT2D eigenvalue weighted by Crippen LogP contribution is -1.98. The van der Waals surface area contributed by atoms with Crippen LogP contribution in [0.25, 0.3) is 5.70 Å². The van der Waals surface area contributed by atoms with Crippen LogP contribution in [0.1, 0.15) is 30.5 Å². The molecular formula is C12H17N. The smallest absolute Gasteiger partial charge is 0.0407 e. The number of benzene rings is 1. The average molecular weight is 175 g/mol. The zero-order valence-corrected chi connectivity index (χ0v) is 8.65. The number of aryl methyl sites for hydroxylation is 1. The van der Waals surface area contributed by atoms with Gasteiger partial charge in [0, 0.05) is 17.8 Å². The fraction of sp³-hybridized carbons (Fsp3) is 0.333. The first-order valence-corrected chi connectivity index (χ1v) is 4.80. The van der Waals surface area contributed by atoms with Crippen LogP contribution < -0.4 is 5.32 Å². The maximum Gasteiger partial charge on any atom is 0.0407 e. The summed E-state index contributed by atoms with van der Waals surface area (Å²) in [5.41, 5.74) is 5.02. The molecule has 1 aromatic carbocycles. The van der Waals surface area contributed by atoms with Gasteiger partial charge in [0.2, 0.25) is 0 Å². The molecule has 0 aromatic heterocycles. The third-order valence-electron chi connectivity index (χ3n) is 2.08. The van der Waals surface area contributed by atoms with E-state index in [0.29, 0.717) is 0 Å². The molecule has 1 aliphatic rings. The van der Waals surface area contributed by atoms with Crippen molar-refractivity contribution in [3.8, 4) is 0 Å². The van der Waals surface area contributed by atoms with Gasteiger partial charge in [-0.3, -0.25) is 0 Å². The van der Waals surface area contributed by atoms with E-state index in [1.54, 1.807) is 0 Å². The van der Waals surface area contributed by atoms with Gasteiger partial charge in [0.25, 0.3) is 0 Å². The van der Waals surface area contributed by atoms with Crippen LogP contribution in [-0.4, -0.2) is 0 Å². The van der Waals surface area contributed by atoms with Gasteiger partial charge in [0.1, 0.15) is 0 Å². The topological polar surface area (TPSA) is 12.0 Å². The fourth-order valence-electron chi connectivity index (χ4n) is 1.46. The second-order valence-corrected chi connectivity index (χ2v) is 2.99. The van der Waals surface area contributed by atoms with Crippen molar-refractivity contribution in [2.24, 2.45) is 0 Å². The number of rotatable bonds is 0. The summed E-state index contributed by atoms with van der Waals surface area (Å²) in [5, 5.41) is 3.22. The van der Waals surface area contributed by atoms with E-state index < -0.39 is 0 Å². The maximum atomic E-state index is 3.91. The van der Waals surface area contributed by atoms with E-state index in [9.17, 15) is 0 Å². The van der Waals surface area contributed by atoms with Crippen molar-refractivity contribution in [2.45, 2.75) is 27.3 Å². The number of hydrogen-bond acceptors (Lipinski definition) is 1. The summed E-state index contributed by atoms with van der Waals surface area (Å²) in [6.45, 7) is 11.0. The van der Waals surface area contributed by atoms with Crippen molar-refractivity contribution in [3.63, 3.8) is 0 Å². The molecule has 1 N–H and O–H groups in total. The SMILES string of the molecule is C=C1NCc2cc(C)ccc21.CC. The highest BCUT2D eigenvalue weighted by atomic mass is 14.9. The van der Waals surface area contributed by atoms with E-state index >= 15 is 0 Å². The highest BCUT2D eigenvalue weighted by Gasteiger charge is 2.12. The largest absolute Gasteiger partial charge is 0.381 e. The van der Waals surface area contributed by atoms with E-state index in [2.05, 4.69) is 37.0 Å². The van der Waals surface area contributed by atoms with E-state index in [4.69, 9.17) is 0 Å². The summed E-state index contributed by atoms with van der Waals surface area (Å²) in [6, 6.07) is 6.46. The van der Waals surface area contributed by atoms with Gasteiger partial charge >= 0.3 is 0 Å². The zero-order valence-electron chi connectivity index (χ0n) is 8.65. The Bertz CT molecular complexity index is 313. The lowest BCUT2D eigenvalue weighted by Gasteiger charge is -1.97. The van der Waals surface area contributed by atoms with Crippen LogP contribution in [0.5, 0.6) is 0 Å². The highest BCUT2D eigenvalue weighted by molar-refractivity contribution is 5.68. The van der Waals surface area contributed by atoms with Gasteiger partial charge < -0.3 is 5.32 Å². The number of fused-ring (bicyclic) bond motifs is 1. The fourth-order valence-corrected chi connectivity index (χ4v) is 1.46. The third kappa shape index (κ3) is 1.92. The molecule has 2 rings (SSSR count). The molecular weight excluding hydrogens is 158 g/mol. The van der Waals surface area contributed by atoms with Crippen LogP contribution in [0.15, 0.2) is 24.8 Å². The van der Waals surface area contributed by atoms with Crippen LogP contribution in [-0.2, 0) is 6.54 Å². The first-order valence-electron chi connectivity index (χ1n) is 4.80. The minimum Gasteiger partial charge on any atom is -0.381 e. The van der Waals surface area contributed by atoms with Crippen molar-refractivity contribution in [1.82, 2.24) is 5.32 Å². The zero-order chi connectivity index (χ0) is 9.84. The molecule has 0 bridgehead atoms. The van der Waals surface area contributed by atoms with Gasteiger partial charge in [-0.05, 0) is 12.5 Å². The van der Waals surface area contributed by atoms with Crippen LogP contribution in [0.2, 0.25) is 0 Å². The molecule has 1 nitrogen and oxygen atoms in total. The highest BCUT2D eigenvalue weighted by Crippen LogP contribution is 2.23. The molecule has 0 radical (unpaired) electrons. The first-order chi connectivity index (χ1) is 6.27. The molecule has 13 heavy (non-hydrogen) atoms. The van der Waals surface area contributed by atoms with Crippen molar-refractivity contribution < 1.29 is 0 Å². The average Bonchev–Trinajstić information content (AvgIpc) is 2.51. The Kier molecular flexibility index (Phi) is 3.13. The summed E-state index contributed by atoms with van der Waals surface area (Å²) < 4.78 is 0. The van der Waals surface area contributed by atoms with E-state index in [-0.39, 0.29) is 0 Å².